The Hall–Kier alpha value is -3.11. The zero-order valence-electron chi connectivity index (χ0n) is 18.3. The van der Waals surface area contributed by atoms with E-state index in [1.165, 1.54) is 31.5 Å². The van der Waals surface area contributed by atoms with Crippen molar-refractivity contribution in [2.24, 2.45) is 0 Å². The predicted molar refractivity (Wildman–Crippen MR) is 122 cm³/mol. The quantitative estimate of drug-likeness (QED) is 0.592. The fourth-order valence-corrected chi connectivity index (χ4v) is 4.29. The van der Waals surface area contributed by atoms with Gasteiger partial charge in [0, 0.05) is 6.54 Å². The molecule has 7 nitrogen and oxygen atoms in total. The van der Waals surface area contributed by atoms with Crippen LogP contribution in [0.4, 0.5) is 5.82 Å². The third-order valence-corrected chi connectivity index (χ3v) is 5.82. The van der Waals surface area contributed by atoms with Crippen molar-refractivity contribution in [2.75, 3.05) is 18.8 Å². The second-order valence-corrected chi connectivity index (χ2v) is 8.38. The number of hydrogen-bond donors (Lipinski definition) is 1. The lowest BCUT2D eigenvalue weighted by molar-refractivity contribution is 0.193. The molecule has 0 aliphatic carbocycles. The summed E-state index contributed by atoms with van der Waals surface area (Å²) in [5.41, 5.74) is 9.76. The Bertz CT molecular complexity index is 1090. The number of hydrogen-bond acceptors (Lipinski definition) is 6. The Morgan fingerprint density at radius 3 is 2.61 bits per heavy atom. The predicted octanol–water partition coefficient (Wildman–Crippen LogP) is 4.10. The van der Waals surface area contributed by atoms with E-state index >= 15 is 0 Å². The number of nitrogens with zero attached hydrogens (tertiary/aromatic N) is 5. The highest BCUT2D eigenvalue weighted by atomic mass is 16.5. The molecule has 3 aromatic rings. The summed E-state index contributed by atoms with van der Waals surface area (Å²) in [4.78, 5) is 11.4. The van der Waals surface area contributed by atoms with Gasteiger partial charge in [0.25, 0.3) is 0 Å². The van der Waals surface area contributed by atoms with Crippen LogP contribution in [0.15, 0.2) is 30.3 Å². The van der Waals surface area contributed by atoms with Gasteiger partial charge in [-0.05, 0) is 56.5 Å². The summed E-state index contributed by atoms with van der Waals surface area (Å²) < 4.78 is 7.78. The minimum absolute atomic E-state index is 0.00275. The van der Waals surface area contributed by atoms with Crippen LogP contribution in [0.25, 0.3) is 11.0 Å². The van der Waals surface area contributed by atoms with Gasteiger partial charge < -0.3 is 15.0 Å². The lowest BCUT2D eigenvalue weighted by Gasteiger charge is -2.16. The smallest absolute Gasteiger partial charge is 0.320 e. The van der Waals surface area contributed by atoms with Gasteiger partial charge in [-0.2, -0.15) is 15.2 Å². The third kappa shape index (κ3) is 4.80. The van der Waals surface area contributed by atoms with Gasteiger partial charge >= 0.3 is 6.01 Å². The number of anilines is 1. The van der Waals surface area contributed by atoms with E-state index in [9.17, 15) is 5.26 Å². The minimum atomic E-state index is 0.00275. The molecule has 0 saturated carbocycles. The Balaban J connectivity index is 1.64. The van der Waals surface area contributed by atoms with Gasteiger partial charge in [-0.15, -0.1) is 0 Å². The molecule has 0 unspecified atom stereocenters. The highest BCUT2D eigenvalue weighted by Gasteiger charge is 2.17. The summed E-state index contributed by atoms with van der Waals surface area (Å²) >= 11 is 0. The number of ether oxygens (including phenoxy) is 1. The first kappa shape index (κ1) is 21.1. The fraction of sp³-hybridized carbons (Fsp3) is 0.458. The molecule has 31 heavy (non-hydrogen) atoms. The van der Waals surface area contributed by atoms with Gasteiger partial charge in [0.1, 0.15) is 17.6 Å². The molecule has 0 spiro atoms. The normalized spacial score (nSPS) is 15.3. The molecule has 1 aliphatic heterocycles. The summed E-state index contributed by atoms with van der Waals surface area (Å²) in [5.74, 6) is 0.335. The average molecular weight is 419 g/mol. The van der Waals surface area contributed by atoms with Crippen molar-refractivity contribution in [3.63, 3.8) is 0 Å². The zero-order chi connectivity index (χ0) is 21.8. The molecular formula is C24H30N6O. The second-order valence-electron chi connectivity index (χ2n) is 8.38. The molecule has 3 heterocycles. The van der Waals surface area contributed by atoms with Crippen molar-refractivity contribution in [3.8, 4) is 12.1 Å². The van der Waals surface area contributed by atoms with Crippen molar-refractivity contribution in [1.82, 2.24) is 19.4 Å². The molecule has 4 rings (SSSR count). The van der Waals surface area contributed by atoms with Gasteiger partial charge in [0.2, 0.25) is 0 Å². The van der Waals surface area contributed by atoms with E-state index in [1.807, 2.05) is 11.5 Å². The van der Waals surface area contributed by atoms with Crippen LogP contribution in [0.1, 0.15) is 56.4 Å². The number of rotatable bonds is 8. The number of nitriles is 1. The Labute approximate surface area is 183 Å². The molecular weight excluding hydrogens is 388 g/mol. The second kappa shape index (κ2) is 9.36. The summed E-state index contributed by atoms with van der Waals surface area (Å²) in [7, 11) is 0. The largest absolute Gasteiger partial charge is 0.460 e. The molecule has 0 radical (unpaired) electrons. The molecule has 1 fully saturated rings. The maximum Gasteiger partial charge on any atom is 0.320 e. The van der Waals surface area contributed by atoms with Crippen LogP contribution in [-0.2, 0) is 13.1 Å². The first-order chi connectivity index (χ1) is 15.1. The number of nitrogens with two attached hydrogens (primary N) is 1. The van der Waals surface area contributed by atoms with Gasteiger partial charge in [-0.3, -0.25) is 4.90 Å². The Morgan fingerprint density at radius 2 is 1.90 bits per heavy atom. The average Bonchev–Trinajstić information content (AvgIpc) is 3.37. The van der Waals surface area contributed by atoms with Gasteiger partial charge in [-0.25, -0.2) is 0 Å². The highest BCUT2D eigenvalue weighted by Crippen LogP contribution is 2.26. The topological polar surface area (TPSA) is 93.0 Å². The van der Waals surface area contributed by atoms with E-state index in [-0.39, 0.29) is 12.1 Å². The number of nitrogen functional groups attached to an aromatic ring is 1. The van der Waals surface area contributed by atoms with E-state index < -0.39 is 0 Å². The van der Waals surface area contributed by atoms with E-state index in [4.69, 9.17) is 10.5 Å². The molecule has 162 valence electrons. The molecule has 1 saturated heterocycles. The Kier molecular flexibility index (Phi) is 6.38. The highest BCUT2D eigenvalue weighted by molar-refractivity contribution is 5.88. The fourth-order valence-electron chi connectivity index (χ4n) is 4.29. The van der Waals surface area contributed by atoms with Crippen LogP contribution >= 0.6 is 0 Å². The van der Waals surface area contributed by atoms with E-state index in [0.29, 0.717) is 29.1 Å². The molecule has 0 amide bonds. The van der Waals surface area contributed by atoms with Crippen LogP contribution in [0.2, 0.25) is 0 Å². The van der Waals surface area contributed by atoms with Gasteiger partial charge in [-0.1, -0.05) is 37.6 Å². The standard InChI is InChI=1S/C24H30N6O/c1-3-7-17(2)31-24-27-22(26)21-13-20(14-25)30(23(21)28-24)16-19-9-6-8-18(12-19)15-29-10-4-5-11-29/h6,8-9,12-13,17H,3-5,7,10-11,15-16H2,1-2H3,(H2,26,27,28)/t17-/m0/s1. The summed E-state index contributed by atoms with van der Waals surface area (Å²) in [6, 6.07) is 12.9. The van der Waals surface area contributed by atoms with Gasteiger partial charge in [0.15, 0.2) is 5.65 Å². The summed E-state index contributed by atoms with van der Waals surface area (Å²) in [5, 5.41) is 10.4. The molecule has 1 aromatic carbocycles. The maximum atomic E-state index is 9.72. The van der Waals surface area contributed by atoms with Crippen molar-refractivity contribution in [1.29, 1.82) is 5.26 Å². The number of aromatic nitrogens is 3. The SMILES string of the molecule is CCC[C@H](C)Oc1nc(N)c2cc(C#N)n(Cc3cccc(CN4CCCC4)c3)c2n1. The van der Waals surface area contributed by atoms with E-state index in [0.717, 1.165) is 24.9 Å². The van der Waals surface area contributed by atoms with Crippen LogP contribution in [0, 0.1) is 11.3 Å². The Morgan fingerprint density at radius 1 is 1.16 bits per heavy atom. The van der Waals surface area contributed by atoms with Crippen molar-refractivity contribution < 1.29 is 4.74 Å². The molecule has 1 atom stereocenters. The molecule has 2 aromatic heterocycles. The van der Waals surface area contributed by atoms with Gasteiger partial charge in [0.05, 0.1) is 18.0 Å². The number of fused-ring (bicyclic) bond motifs is 1. The van der Waals surface area contributed by atoms with Crippen LogP contribution in [-0.4, -0.2) is 38.6 Å². The van der Waals surface area contributed by atoms with Crippen molar-refractivity contribution in [2.45, 2.75) is 58.7 Å². The third-order valence-electron chi connectivity index (χ3n) is 5.82. The first-order valence-electron chi connectivity index (χ1n) is 11.1. The van der Waals surface area contributed by atoms with Crippen molar-refractivity contribution >= 4 is 16.9 Å². The molecule has 1 aliphatic rings. The van der Waals surface area contributed by atoms with Crippen molar-refractivity contribution in [3.05, 3.63) is 47.2 Å². The lowest BCUT2D eigenvalue weighted by Crippen LogP contribution is -2.18. The van der Waals surface area contributed by atoms with Crippen LogP contribution in [0.5, 0.6) is 6.01 Å². The molecule has 0 bridgehead atoms. The van der Waals surface area contributed by atoms with Crippen LogP contribution in [0.3, 0.4) is 0 Å². The van der Waals surface area contributed by atoms with E-state index in [2.05, 4.69) is 52.1 Å². The number of likely N-dealkylation sites (tertiary alicyclic amines) is 1. The maximum absolute atomic E-state index is 9.72. The summed E-state index contributed by atoms with van der Waals surface area (Å²) in [6.45, 7) is 7.95. The van der Waals surface area contributed by atoms with Crippen LogP contribution < -0.4 is 10.5 Å². The molecule has 7 heteroatoms. The van der Waals surface area contributed by atoms with E-state index in [1.54, 1.807) is 6.07 Å². The molecule has 2 N–H and O–H groups in total. The minimum Gasteiger partial charge on any atom is -0.460 e. The monoisotopic (exact) mass is 418 g/mol. The summed E-state index contributed by atoms with van der Waals surface area (Å²) in [6.07, 6.45) is 4.49. The lowest BCUT2D eigenvalue weighted by atomic mass is 10.1. The number of benzene rings is 1. The first-order valence-corrected chi connectivity index (χ1v) is 11.1. The zero-order valence-corrected chi connectivity index (χ0v) is 18.3.